The van der Waals surface area contributed by atoms with E-state index in [1.807, 2.05) is 0 Å². The minimum Gasteiger partial charge on any atom is -0.352 e. The highest BCUT2D eigenvalue weighted by molar-refractivity contribution is 6.02. The highest BCUT2D eigenvalue weighted by Crippen LogP contribution is 2.14. The fraction of sp³-hybridized carbons (Fsp3) is 0.200. The van der Waals surface area contributed by atoms with Gasteiger partial charge in [-0.15, -0.1) is 0 Å². The molecule has 0 unspecified atom stereocenters. The first-order valence-electron chi connectivity index (χ1n) is 8.61. The van der Waals surface area contributed by atoms with Gasteiger partial charge in [0, 0.05) is 36.0 Å². The second-order valence-electron chi connectivity index (χ2n) is 5.86. The summed E-state index contributed by atoms with van der Waals surface area (Å²) in [6.45, 7) is 2.69. The second-order valence-corrected chi connectivity index (χ2v) is 5.86. The molecule has 0 saturated carbocycles. The Morgan fingerprint density at radius 1 is 1.15 bits per heavy atom. The van der Waals surface area contributed by atoms with E-state index in [1.165, 1.54) is 24.3 Å². The van der Waals surface area contributed by atoms with Gasteiger partial charge in [0.2, 0.25) is 5.91 Å². The molecule has 2 rings (SSSR count). The van der Waals surface area contributed by atoms with Crippen LogP contribution in [0.15, 0.2) is 54.6 Å². The van der Waals surface area contributed by atoms with E-state index >= 15 is 0 Å². The molecule has 27 heavy (non-hydrogen) atoms. The number of hydrogen-bond acceptors (Lipinski definition) is 4. The Morgan fingerprint density at radius 2 is 1.89 bits per heavy atom. The summed E-state index contributed by atoms with van der Waals surface area (Å²) in [5.41, 5.74) is 1.59. The van der Waals surface area contributed by atoms with Crippen molar-refractivity contribution in [3.8, 4) is 0 Å². The van der Waals surface area contributed by atoms with Gasteiger partial charge in [-0.3, -0.25) is 19.7 Å². The molecule has 7 heteroatoms. The van der Waals surface area contributed by atoms with Crippen molar-refractivity contribution in [2.24, 2.45) is 0 Å². The van der Waals surface area contributed by atoms with Gasteiger partial charge in [-0.1, -0.05) is 25.5 Å². The van der Waals surface area contributed by atoms with Crippen LogP contribution in [0.3, 0.4) is 0 Å². The van der Waals surface area contributed by atoms with E-state index in [-0.39, 0.29) is 17.5 Å². The Balaban J connectivity index is 1.93. The van der Waals surface area contributed by atoms with E-state index in [9.17, 15) is 19.7 Å². The van der Waals surface area contributed by atoms with Crippen molar-refractivity contribution in [3.63, 3.8) is 0 Å². The summed E-state index contributed by atoms with van der Waals surface area (Å²) in [4.78, 5) is 34.2. The molecular formula is C20H21N3O4. The summed E-state index contributed by atoms with van der Waals surface area (Å²) in [5, 5.41) is 16.3. The standard InChI is InChI=1S/C20H21N3O4/c1-2-3-13-21-20(25)16-8-10-17(11-9-16)22-19(24)12-7-15-5-4-6-18(14-15)23(26)27/h4-12,14H,2-3,13H2,1H3,(H,21,25)(H,22,24)/b12-7+. The van der Waals surface area contributed by atoms with Crippen LogP contribution in [0, 0.1) is 10.1 Å². The molecule has 140 valence electrons. The molecule has 0 saturated heterocycles. The summed E-state index contributed by atoms with van der Waals surface area (Å²) >= 11 is 0. The van der Waals surface area contributed by atoms with E-state index in [1.54, 1.807) is 36.4 Å². The average molecular weight is 367 g/mol. The number of non-ortho nitro benzene ring substituents is 1. The molecule has 2 aromatic carbocycles. The Labute approximate surface area is 157 Å². The molecule has 0 aliphatic heterocycles. The van der Waals surface area contributed by atoms with Gasteiger partial charge in [-0.05, 0) is 42.3 Å². The Hall–Kier alpha value is -3.48. The summed E-state index contributed by atoms with van der Waals surface area (Å²) in [6, 6.07) is 12.6. The lowest BCUT2D eigenvalue weighted by Gasteiger charge is -2.06. The largest absolute Gasteiger partial charge is 0.352 e. The third-order valence-corrected chi connectivity index (χ3v) is 3.74. The fourth-order valence-electron chi connectivity index (χ4n) is 2.28. The Bertz CT molecular complexity index is 845. The predicted octanol–water partition coefficient (Wildman–Crippen LogP) is 3.78. The number of carbonyl (C=O) groups excluding carboxylic acids is 2. The van der Waals surface area contributed by atoms with Gasteiger partial charge < -0.3 is 10.6 Å². The number of benzene rings is 2. The minimum absolute atomic E-state index is 0.0367. The molecule has 0 aliphatic rings. The van der Waals surface area contributed by atoms with E-state index in [4.69, 9.17) is 0 Å². The third-order valence-electron chi connectivity index (χ3n) is 3.74. The highest BCUT2D eigenvalue weighted by Gasteiger charge is 2.06. The van der Waals surface area contributed by atoms with Gasteiger partial charge in [0.15, 0.2) is 0 Å². The minimum atomic E-state index is -0.489. The van der Waals surface area contributed by atoms with Crippen molar-refractivity contribution >= 4 is 29.3 Å². The lowest BCUT2D eigenvalue weighted by Crippen LogP contribution is -2.24. The normalized spacial score (nSPS) is 10.6. The summed E-state index contributed by atoms with van der Waals surface area (Å²) in [5.74, 6) is -0.520. The topological polar surface area (TPSA) is 101 Å². The van der Waals surface area contributed by atoms with Crippen molar-refractivity contribution in [3.05, 3.63) is 75.8 Å². The predicted molar refractivity (Wildman–Crippen MR) is 104 cm³/mol. The Morgan fingerprint density at radius 3 is 2.56 bits per heavy atom. The van der Waals surface area contributed by atoms with E-state index in [0.717, 1.165) is 12.8 Å². The first-order chi connectivity index (χ1) is 13.0. The van der Waals surface area contributed by atoms with Gasteiger partial charge in [0.1, 0.15) is 0 Å². The molecule has 2 N–H and O–H groups in total. The quantitative estimate of drug-likeness (QED) is 0.321. The zero-order chi connectivity index (χ0) is 19.6. The summed E-state index contributed by atoms with van der Waals surface area (Å²) in [7, 11) is 0. The van der Waals surface area contributed by atoms with Gasteiger partial charge in [-0.2, -0.15) is 0 Å². The number of amides is 2. The molecule has 0 aromatic heterocycles. The first kappa shape index (κ1) is 19.8. The maximum absolute atomic E-state index is 12.0. The number of carbonyl (C=O) groups is 2. The van der Waals surface area contributed by atoms with Crippen molar-refractivity contribution in [2.75, 3.05) is 11.9 Å². The van der Waals surface area contributed by atoms with Crippen LogP contribution in [0.25, 0.3) is 6.08 Å². The number of unbranched alkanes of at least 4 members (excludes halogenated alkanes) is 1. The van der Waals surface area contributed by atoms with Gasteiger partial charge >= 0.3 is 0 Å². The molecular weight excluding hydrogens is 346 g/mol. The highest BCUT2D eigenvalue weighted by atomic mass is 16.6. The SMILES string of the molecule is CCCCNC(=O)c1ccc(NC(=O)/C=C/c2cccc([N+](=O)[O-])c2)cc1. The van der Waals surface area contributed by atoms with Crippen LogP contribution < -0.4 is 10.6 Å². The summed E-state index contributed by atoms with van der Waals surface area (Å²) < 4.78 is 0. The molecule has 0 spiro atoms. The zero-order valence-corrected chi connectivity index (χ0v) is 15.0. The molecule has 0 fully saturated rings. The first-order valence-corrected chi connectivity index (χ1v) is 8.61. The van der Waals surface area contributed by atoms with Gasteiger partial charge in [-0.25, -0.2) is 0 Å². The number of rotatable bonds is 8. The lowest BCUT2D eigenvalue weighted by molar-refractivity contribution is -0.384. The smallest absolute Gasteiger partial charge is 0.270 e. The number of hydrogen-bond donors (Lipinski definition) is 2. The lowest BCUT2D eigenvalue weighted by atomic mass is 10.1. The van der Waals surface area contributed by atoms with Crippen molar-refractivity contribution in [1.82, 2.24) is 5.32 Å². The number of nitrogens with one attached hydrogen (secondary N) is 2. The van der Waals surface area contributed by atoms with Crippen LogP contribution in [0.4, 0.5) is 11.4 Å². The molecule has 2 aromatic rings. The van der Waals surface area contributed by atoms with Crippen LogP contribution >= 0.6 is 0 Å². The van der Waals surface area contributed by atoms with Crippen LogP contribution in [0.5, 0.6) is 0 Å². The average Bonchev–Trinajstić information content (AvgIpc) is 2.67. The van der Waals surface area contributed by atoms with Crippen LogP contribution in [0.2, 0.25) is 0 Å². The van der Waals surface area contributed by atoms with Gasteiger partial charge in [0.05, 0.1) is 4.92 Å². The number of nitro groups is 1. The third kappa shape index (κ3) is 6.39. The summed E-state index contributed by atoms with van der Waals surface area (Å²) in [6.07, 6.45) is 4.73. The van der Waals surface area contributed by atoms with Crippen molar-refractivity contribution in [2.45, 2.75) is 19.8 Å². The second kappa shape index (κ2) is 9.86. The van der Waals surface area contributed by atoms with Crippen LogP contribution in [0.1, 0.15) is 35.7 Å². The molecule has 0 atom stereocenters. The molecule has 0 heterocycles. The monoisotopic (exact) mass is 367 g/mol. The van der Waals surface area contributed by atoms with Crippen LogP contribution in [-0.2, 0) is 4.79 Å². The van der Waals surface area contributed by atoms with E-state index in [0.29, 0.717) is 23.4 Å². The number of nitro benzene ring substituents is 1. The Kier molecular flexibility index (Phi) is 7.25. The van der Waals surface area contributed by atoms with Crippen LogP contribution in [-0.4, -0.2) is 23.3 Å². The fourth-order valence-corrected chi connectivity index (χ4v) is 2.28. The van der Waals surface area contributed by atoms with E-state index in [2.05, 4.69) is 17.6 Å². The zero-order valence-electron chi connectivity index (χ0n) is 15.0. The number of anilines is 1. The molecule has 0 bridgehead atoms. The molecule has 7 nitrogen and oxygen atoms in total. The maximum Gasteiger partial charge on any atom is 0.270 e. The number of nitrogens with zero attached hydrogens (tertiary/aromatic N) is 1. The van der Waals surface area contributed by atoms with Gasteiger partial charge in [0.25, 0.3) is 11.6 Å². The molecule has 0 radical (unpaired) electrons. The molecule has 2 amide bonds. The van der Waals surface area contributed by atoms with Crippen molar-refractivity contribution < 1.29 is 14.5 Å². The maximum atomic E-state index is 12.0. The van der Waals surface area contributed by atoms with E-state index < -0.39 is 4.92 Å². The molecule has 0 aliphatic carbocycles. The van der Waals surface area contributed by atoms with Crippen molar-refractivity contribution in [1.29, 1.82) is 0 Å².